The summed E-state index contributed by atoms with van der Waals surface area (Å²) in [4.78, 5) is 26.2. The van der Waals surface area contributed by atoms with Crippen LogP contribution in [0.4, 0.5) is 0 Å². The summed E-state index contributed by atoms with van der Waals surface area (Å²) < 4.78 is 6.97. The molecule has 1 saturated carbocycles. The van der Waals surface area contributed by atoms with E-state index in [4.69, 9.17) is 0 Å². The lowest BCUT2D eigenvalue weighted by Crippen LogP contribution is -2.32. The van der Waals surface area contributed by atoms with Crippen LogP contribution in [0.2, 0.25) is 0 Å². The van der Waals surface area contributed by atoms with Crippen molar-refractivity contribution in [1.82, 2.24) is 29.3 Å². The van der Waals surface area contributed by atoms with E-state index >= 15 is 0 Å². The standard InChI is InChI=1S/C15H16N6O2S2/c1-9-12(25-19-17-9)14(22)16-6-7-20-15(23)21(10-4-5-10)13(18-20)11-3-2-8-24-11/h2-3,8,10H,4-7H2,1H3,(H,16,22). The third kappa shape index (κ3) is 3.14. The van der Waals surface area contributed by atoms with Gasteiger partial charge < -0.3 is 5.32 Å². The molecule has 0 radical (unpaired) electrons. The van der Waals surface area contributed by atoms with Crippen LogP contribution < -0.4 is 11.0 Å². The second kappa shape index (κ2) is 6.52. The van der Waals surface area contributed by atoms with Crippen LogP contribution in [0, 0.1) is 6.92 Å². The number of rotatable bonds is 6. The van der Waals surface area contributed by atoms with Gasteiger partial charge in [0, 0.05) is 12.6 Å². The molecule has 1 aliphatic carbocycles. The topological polar surface area (TPSA) is 94.7 Å². The molecule has 3 aromatic heterocycles. The van der Waals surface area contributed by atoms with Crippen molar-refractivity contribution in [3.05, 3.63) is 38.6 Å². The molecule has 0 bridgehead atoms. The fourth-order valence-electron chi connectivity index (χ4n) is 2.60. The number of nitrogens with zero attached hydrogens (tertiary/aromatic N) is 5. The summed E-state index contributed by atoms with van der Waals surface area (Å²) in [7, 11) is 0. The lowest BCUT2D eigenvalue weighted by Gasteiger charge is -2.03. The molecule has 1 fully saturated rings. The molecule has 0 aliphatic heterocycles. The van der Waals surface area contributed by atoms with Gasteiger partial charge in [-0.25, -0.2) is 9.48 Å². The van der Waals surface area contributed by atoms with E-state index in [2.05, 4.69) is 20.0 Å². The Labute approximate surface area is 151 Å². The van der Waals surface area contributed by atoms with Crippen molar-refractivity contribution in [2.75, 3.05) is 6.54 Å². The molecule has 3 aromatic rings. The van der Waals surface area contributed by atoms with Crippen molar-refractivity contribution >= 4 is 28.8 Å². The van der Waals surface area contributed by atoms with Gasteiger partial charge in [-0.05, 0) is 42.7 Å². The Morgan fingerprint density at radius 2 is 2.28 bits per heavy atom. The highest BCUT2D eigenvalue weighted by molar-refractivity contribution is 7.13. The highest BCUT2D eigenvalue weighted by atomic mass is 32.1. The first-order chi connectivity index (χ1) is 12.1. The highest BCUT2D eigenvalue weighted by Gasteiger charge is 2.30. The van der Waals surface area contributed by atoms with Gasteiger partial charge in [-0.1, -0.05) is 10.6 Å². The lowest BCUT2D eigenvalue weighted by atomic mass is 10.4. The molecule has 0 atom stereocenters. The average Bonchev–Trinajstić information content (AvgIpc) is 2.99. The lowest BCUT2D eigenvalue weighted by molar-refractivity contribution is 0.0955. The van der Waals surface area contributed by atoms with Crippen LogP contribution in [0.25, 0.3) is 10.7 Å². The molecule has 10 heteroatoms. The molecule has 1 aliphatic rings. The van der Waals surface area contributed by atoms with Gasteiger partial charge in [0.25, 0.3) is 5.91 Å². The van der Waals surface area contributed by atoms with Gasteiger partial charge in [0.05, 0.1) is 17.1 Å². The van der Waals surface area contributed by atoms with Gasteiger partial charge in [-0.2, -0.15) is 0 Å². The van der Waals surface area contributed by atoms with Crippen molar-refractivity contribution in [2.24, 2.45) is 0 Å². The van der Waals surface area contributed by atoms with Crippen LogP contribution >= 0.6 is 22.9 Å². The van der Waals surface area contributed by atoms with Gasteiger partial charge in [0.2, 0.25) is 0 Å². The Hall–Kier alpha value is -2.33. The number of amides is 1. The van der Waals surface area contributed by atoms with E-state index < -0.39 is 0 Å². The zero-order valence-corrected chi connectivity index (χ0v) is 15.1. The van der Waals surface area contributed by atoms with E-state index in [1.807, 2.05) is 17.5 Å². The monoisotopic (exact) mass is 376 g/mol. The number of hydrogen-bond acceptors (Lipinski definition) is 7. The summed E-state index contributed by atoms with van der Waals surface area (Å²) in [6.07, 6.45) is 2.02. The van der Waals surface area contributed by atoms with Crippen LogP contribution in [-0.2, 0) is 6.54 Å². The molecule has 1 N–H and O–H groups in total. The Kier molecular flexibility index (Phi) is 4.22. The molecular weight excluding hydrogens is 360 g/mol. The van der Waals surface area contributed by atoms with Crippen LogP contribution in [0.5, 0.6) is 0 Å². The number of aryl methyl sites for hydroxylation is 1. The summed E-state index contributed by atoms with van der Waals surface area (Å²) in [6.45, 7) is 2.39. The molecule has 0 unspecified atom stereocenters. The maximum Gasteiger partial charge on any atom is 0.346 e. The predicted molar refractivity (Wildman–Crippen MR) is 95.1 cm³/mol. The largest absolute Gasteiger partial charge is 0.349 e. The van der Waals surface area contributed by atoms with Gasteiger partial charge in [0.15, 0.2) is 5.82 Å². The van der Waals surface area contributed by atoms with Gasteiger partial charge >= 0.3 is 5.69 Å². The summed E-state index contributed by atoms with van der Waals surface area (Å²) in [5, 5.41) is 13.1. The highest BCUT2D eigenvalue weighted by Crippen LogP contribution is 2.37. The first kappa shape index (κ1) is 16.2. The number of hydrogen-bond donors (Lipinski definition) is 1. The van der Waals surface area contributed by atoms with E-state index in [9.17, 15) is 9.59 Å². The van der Waals surface area contributed by atoms with Crippen molar-refractivity contribution in [1.29, 1.82) is 0 Å². The quantitative estimate of drug-likeness (QED) is 0.706. The normalized spacial score (nSPS) is 14.0. The molecule has 1 amide bonds. The predicted octanol–water partition coefficient (Wildman–Crippen LogP) is 1.70. The third-order valence-corrected chi connectivity index (χ3v) is 5.68. The van der Waals surface area contributed by atoms with Crippen molar-refractivity contribution in [2.45, 2.75) is 32.4 Å². The molecule has 3 heterocycles. The number of aromatic nitrogens is 5. The Bertz CT molecular complexity index is 951. The average molecular weight is 376 g/mol. The van der Waals surface area contributed by atoms with Gasteiger partial charge in [0.1, 0.15) is 4.88 Å². The number of carbonyl (C=O) groups excluding carboxylic acids is 1. The first-order valence-corrected chi connectivity index (χ1v) is 9.61. The zero-order chi connectivity index (χ0) is 17.4. The Morgan fingerprint density at radius 1 is 1.44 bits per heavy atom. The zero-order valence-electron chi connectivity index (χ0n) is 13.5. The Balaban J connectivity index is 1.50. The van der Waals surface area contributed by atoms with Crippen molar-refractivity contribution < 1.29 is 4.79 Å². The first-order valence-electron chi connectivity index (χ1n) is 7.95. The van der Waals surface area contributed by atoms with E-state index in [-0.39, 0.29) is 17.6 Å². The van der Waals surface area contributed by atoms with Crippen LogP contribution in [-0.4, -0.2) is 36.4 Å². The fourth-order valence-corrected chi connectivity index (χ4v) is 3.88. The molecule has 0 spiro atoms. The van der Waals surface area contributed by atoms with Crippen molar-refractivity contribution in [3.8, 4) is 10.7 Å². The summed E-state index contributed by atoms with van der Waals surface area (Å²) in [6, 6.07) is 4.17. The molecule has 4 rings (SSSR count). The summed E-state index contributed by atoms with van der Waals surface area (Å²) >= 11 is 2.63. The van der Waals surface area contributed by atoms with E-state index in [0.29, 0.717) is 23.7 Å². The molecule has 8 nitrogen and oxygen atoms in total. The van der Waals surface area contributed by atoms with Gasteiger partial charge in [-0.15, -0.1) is 21.5 Å². The van der Waals surface area contributed by atoms with E-state index in [1.54, 1.807) is 22.8 Å². The molecule has 0 aromatic carbocycles. The number of thiophene rings is 1. The van der Waals surface area contributed by atoms with Gasteiger partial charge in [-0.3, -0.25) is 9.36 Å². The summed E-state index contributed by atoms with van der Waals surface area (Å²) in [5.41, 5.74) is 0.494. The third-order valence-electron chi connectivity index (χ3n) is 3.99. The summed E-state index contributed by atoms with van der Waals surface area (Å²) in [5.74, 6) is 0.497. The van der Waals surface area contributed by atoms with Crippen LogP contribution in [0.15, 0.2) is 22.3 Å². The van der Waals surface area contributed by atoms with E-state index in [0.717, 1.165) is 35.1 Å². The molecule has 25 heavy (non-hydrogen) atoms. The molecule has 130 valence electrons. The Morgan fingerprint density at radius 3 is 2.92 bits per heavy atom. The number of nitrogens with one attached hydrogen (secondary N) is 1. The van der Waals surface area contributed by atoms with Crippen molar-refractivity contribution in [3.63, 3.8) is 0 Å². The smallest absolute Gasteiger partial charge is 0.346 e. The minimum Gasteiger partial charge on any atom is -0.349 e. The second-order valence-electron chi connectivity index (χ2n) is 5.85. The fraction of sp³-hybridized carbons (Fsp3) is 0.400. The SMILES string of the molecule is Cc1nnsc1C(=O)NCCn1nc(-c2cccs2)n(C2CC2)c1=O. The van der Waals surface area contributed by atoms with Crippen LogP contribution in [0.3, 0.4) is 0 Å². The van der Waals surface area contributed by atoms with E-state index in [1.165, 1.54) is 4.68 Å². The minimum atomic E-state index is -0.222. The van der Waals surface area contributed by atoms with Crippen LogP contribution in [0.1, 0.15) is 34.2 Å². The minimum absolute atomic E-state index is 0.115. The molecule has 0 saturated heterocycles. The second-order valence-corrected chi connectivity index (χ2v) is 7.55. The molecular formula is C15H16N6O2S2. The number of carbonyl (C=O) groups is 1. The maximum atomic E-state index is 12.7. The maximum absolute atomic E-state index is 12.7.